The van der Waals surface area contributed by atoms with E-state index in [1.54, 1.807) is 12.1 Å². The molecule has 0 saturated heterocycles. The second-order valence-electron chi connectivity index (χ2n) is 3.98. The lowest BCUT2D eigenvalue weighted by atomic mass is 10.2. The first-order valence-corrected chi connectivity index (χ1v) is 6.14. The van der Waals surface area contributed by atoms with Gasteiger partial charge in [-0.15, -0.1) is 10.2 Å². The van der Waals surface area contributed by atoms with Crippen LogP contribution < -0.4 is 5.32 Å². The van der Waals surface area contributed by atoms with Gasteiger partial charge in [0.05, 0.1) is 6.61 Å². The van der Waals surface area contributed by atoms with Crippen molar-refractivity contribution in [2.24, 2.45) is 0 Å². The Kier molecular flexibility index (Phi) is 4.61. The molecule has 0 aliphatic heterocycles. The number of rotatable bonds is 5. The molecule has 0 bridgehead atoms. The summed E-state index contributed by atoms with van der Waals surface area (Å²) in [7, 11) is 0. The van der Waals surface area contributed by atoms with Gasteiger partial charge in [-0.25, -0.2) is 0 Å². The highest BCUT2D eigenvalue weighted by Crippen LogP contribution is 2.25. The van der Waals surface area contributed by atoms with Crippen LogP contribution in [0.5, 0.6) is 0 Å². The molecule has 0 spiro atoms. The van der Waals surface area contributed by atoms with E-state index in [-0.39, 0.29) is 18.3 Å². The van der Waals surface area contributed by atoms with E-state index in [4.69, 9.17) is 11.6 Å². The van der Waals surface area contributed by atoms with Crippen molar-refractivity contribution in [2.45, 2.75) is 6.18 Å². The SMILES string of the molecule is FC(F)(F)COCCNc1nnc(Cl)c2ccccc12. The molecule has 2 aromatic rings. The van der Waals surface area contributed by atoms with E-state index >= 15 is 0 Å². The van der Waals surface area contributed by atoms with Crippen LogP contribution in [0.2, 0.25) is 5.15 Å². The van der Waals surface area contributed by atoms with Crippen LogP contribution in [0.3, 0.4) is 0 Å². The molecule has 0 atom stereocenters. The van der Waals surface area contributed by atoms with Crippen molar-refractivity contribution in [1.82, 2.24) is 10.2 Å². The van der Waals surface area contributed by atoms with E-state index in [2.05, 4.69) is 20.3 Å². The monoisotopic (exact) mass is 305 g/mol. The molecule has 0 radical (unpaired) electrons. The lowest BCUT2D eigenvalue weighted by Crippen LogP contribution is -2.20. The minimum atomic E-state index is -4.31. The maximum absolute atomic E-state index is 11.9. The van der Waals surface area contributed by atoms with Crippen molar-refractivity contribution in [1.29, 1.82) is 0 Å². The molecule has 0 aliphatic rings. The second kappa shape index (κ2) is 6.23. The Balaban J connectivity index is 1.95. The highest BCUT2D eigenvalue weighted by molar-refractivity contribution is 6.34. The predicted octanol–water partition coefficient (Wildman–Crippen LogP) is 3.27. The standard InChI is InChI=1S/C12H11ClF3N3O/c13-10-8-3-1-2-4-9(8)11(19-18-10)17-5-6-20-7-12(14,15)16/h1-4H,5-7H2,(H,17,19). The van der Waals surface area contributed by atoms with E-state index in [1.807, 2.05) is 12.1 Å². The van der Waals surface area contributed by atoms with Crippen LogP contribution >= 0.6 is 11.6 Å². The van der Waals surface area contributed by atoms with Crippen molar-refractivity contribution in [2.75, 3.05) is 25.1 Å². The molecule has 1 aromatic heterocycles. The Labute approximate surface area is 117 Å². The number of nitrogens with zero attached hydrogens (tertiary/aromatic N) is 2. The number of benzene rings is 1. The molecule has 20 heavy (non-hydrogen) atoms. The summed E-state index contributed by atoms with van der Waals surface area (Å²) in [5.74, 6) is 0.459. The Morgan fingerprint density at radius 1 is 1.15 bits per heavy atom. The fourth-order valence-corrected chi connectivity index (χ4v) is 1.83. The lowest BCUT2D eigenvalue weighted by Gasteiger charge is -2.10. The molecular formula is C12H11ClF3N3O. The number of ether oxygens (including phenoxy) is 1. The third kappa shape index (κ3) is 3.94. The van der Waals surface area contributed by atoms with Crippen LogP contribution in [-0.4, -0.2) is 36.1 Å². The third-order valence-corrected chi connectivity index (χ3v) is 2.73. The van der Waals surface area contributed by atoms with E-state index in [1.165, 1.54) is 0 Å². The summed E-state index contributed by atoms with van der Waals surface area (Å²) >= 11 is 5.91. The zero-order chi connectivity index (χ0) is 14.6. The summed E-state index contributed by atoms with van der Waals surface area (Å²) in [6.45, 7) is -1.16. The quantitative estimate of drug-likeness (QED) is 0.861. The highest BCUT2D eigenvalue weighted by atomic mass is 35.5. The molecular weight excluding hydrogens is 295 g/mol. The topological polar surface area (TPSA) is 47.0 Å². The second-order valence-corrected chi connectivity index (χ2v) is 4.34. The number of halogens is 4. The fourth-order valence-electron chi connectivity index (χ4n) is 1.63. The summed E-state index contributed by atoms with van der Waals surface area (Å²) in [6, 6.07) is 7.21. The van der Waals surface area contributed by atoms with E-state index in [0.717, 1.165) is 10.8 Å². The van der Waals surface area contributed by atoms with Crippen LogP contribution in [0.25, 0.3) is 10.8 Å². The Morgan fingerprint density at radius 2 is 1.85 bits per heavy atom. The van der Waals surface area contributed by atoms with Crippen LogP contribution in [-0.2, 0) is 4.74 Å². The molecule has 0 aliphatic carbocycles. The van der Waals surface area contributed by atoms with Gasteiger partial charge in [-0.3, -0.25) is 0 Å². The van der Waals surface area contributed by atoms with E-state index in [9.17, 15) is 13.2 Å². The lowest BCUT2D eigenvalue weighted by molar-refractivity contribution is -0.172. The zero-order valence-corrected chi connectivity index (χ0v) is 11.0. The van der Waals surface area contributed by atoms with Crippen molar-refractivity contribution in [3.8, 4) is 0 Å². The third-order valence-electron chi connectivity index (χ3n) is 2.45. The van der Waals surface area contributed by atoms with Gasteiger partial charge < -0.3 is 10.1 Å². The fraction of sp³-hybridized carbons (Fsp3) is 0.333. The molecule has 0 fully saturated rings. The van der Waals surface area contributed by atoms with Gasteiger partial charge in [0.15, 0.2) is 11.0 Å². The maximum Gasteiger partial charge on any atom is 0.411 e. The van der Waals surface area contributed by atoms with Gasteiger partial charge in [0.1, 0.15) is 6.61 Å². The van der Waals surface area contributed by atoms with Gasteiger partial charge in [0.2, 0.25) is 0 Å². The Hall–Kier alpha value is -1.60. The van der Waals surface area contributed by atoms with Crippen LogP contribution in [0.4, 0.5) is 19.0 Å². The average Bonchev–Trinajstić information content (AvgIpc) is 2.40. The predicted molar refractivity (Wildman–Crippen MR) is 69.9 cm³/mol. The highest BCUT2D eigenvalue weighted by Gasteiger charge is 2.27. The minimum Gasteiger partial charge on any atom is -0.370 e. The first-order chi connectivity index (χ1) is 9.47. The minimum absolute atomic E-state index is 0.0852. The molecule has 4 nitrogen and oxygen atoms in total. The number of hydrogen-bond donors (Lipinski definition) is 1. The molecule has 0 amide bonds. The summed E-state index contributed by atoms with van der Waals surface area (Å²) in [5, 5.41) is 12.3. The van der Waals surface area contributed by atoms with E-state index in [0.29, 0.717) is 5.82 Å². The largest absolute Gasteiger partial charge is 0.411 e. The summed E-state index contributed by atoms with van der Waals surface area (Å²) in [4.78, 5) is 0. The van der Waals surface area contributed by atoms with Gasteiger partial charge in [0, 0.05) is 17.3 Å². The molecule has 0 saturated carbocycles. The van der Waals surface area contributed by atoms with Crippen molar-refractivity contribution < 1.29 is 17.9 Å². The van der Waals surface area contributed by atoms with Gasteiger partial charge in [-0.2, -0.15) is 13.2 Å². The average molecular weight is 306 g/mol. The number of anilines is 1. The van der Waals surface area contributed by atoms with Crippen molar-refractivity contribution in [3.05, 3.63) is 29.4 Å². The normalized spacial score (nSPS) is 11.8. The summed E-state index contributed by atoms with van der Waals surface area (Å²) in [5.41, 5.74) is 0. The molecule has 8 heteroatoms. The number of nitrogens with one attached hydrogen (secondary N) is 1. The van der Waals surface area contributed by atoms with Crippen LogP contribution in [0.1, 0.15) is 0 Å². The summed E-state index contributed by atoms with van der Waals surface area (Å²) in [6.07, 6.45) is -4.31. The zero-order valence-electron chi connectivity index (χ0n) is 10.2. The van der Waals surface area contributed by atoms with Crippen molar-refractivity contribution in [3.63, 3.8) is 0 Å². The van der Waals surface area contributed by atoms with Gasteiger partial charge in [-0.05, 0) is 0 Å². The smallest absolute Gasteiger partial charge is 0.370 e. The molecule has 108 valence electrons. The molecule has 1 aromatic carbocycles. The van der Waals surface area contributed by atoms with E-state index < -0.39 is 12.8 Å². The first-order valence-electron chi connectivity index (χ1n) is 5.76. The number of aromatic nitrogens is 2. The summed E-state index contributed by atoms with van der Waals surface area (Å²) < 4.78 is 40.1. The Morgan fingerprint density at radius 3 is 2.55 bits per heavy atom. The number of fused-ring (bicyclic) bond motifs is 1. The van der Waals surface area contributed by atoms with Gasteiger partial charge in [0.25, 0.3) is 0 Å². The van der Waals surface area contributed by atoms with Crippen LogP contribution in [0, 0.1) is 0 Å². The first kappa shape index (κ1) is 14.8. The Bertz CT molecular complexity index is 592. The maximum atomic E-state index is 11.9. The van der Waals surface area contributed by atoms with Gasteiger partial charge in [-0.1, -0.05) is 35.9 Å². The number of hydrogen-bond acceptors (Lipinski definition) is 4. The number of alkyl halides is 3. The molecule has 0 unspecified atom stereocenters. The molecule has 1 heterocycles. The van der Waals surface area contributed by atoms with Crippen LogP contribution in [0.15, 0.2) is 24.3 Å². The van der Waals surface area contributed by atoms with Gasteiger partial charge >= 0.3 is 6.18 Å². The van der Waals surface area contributed by atoms with Crippen molar-refractivity contribution >= 4 is 28.2 Å². The molecule has 1 N–H and O–H groups in total. The molecule has 2 rings (SSSR count).